The topological polar surface area (TPSA) is 40.6 Å². The van der Waals surface area contributed by atoms with E-state index in [2.05, 4.69) is 4.90 Å². The van der Waals surface area contributed by atoms with Crippen LogP contribution in [0.15, 0.2) is 59.5 Å². The van der Waals surface area contributed by atoms with Crippen LogP contribution in [-0.2, 0) is 10.0 Å². The highest BCUT2D eigenvalue weighted by atomic mass is 32.2. The van der Waals surface area contributed by atoms with Gasteiger partial charge in [-0.15, -0.1) is 0 Å². The molecule has 0 spiro atoms. The Morgan fingerprint density at radius 3 is 1.93 bits per heavy atom. The average molecular weight is 385 g/mol. The monoisotopic (exact) mass is 384 g/mol. The van der Waals surface area contributed by atoms with Gasteiger partial charge in [-0.2, -0.15) is 4.31 Å². The van der Waals surface area contributed by atoms with E-state index in [-0.39, 0.29) is 0 Å². The molecular weight excluding hydrogens is 356 g/mol. The second-order valence-corrected chi connectivity index (χ2v) is 9.56. The van der Waals surface area contributed by atoms with Gasteiger partial charge in [-0.3, -0.25) is 4.90 Å². The lowest BCUT2D eigenvalue weighted by molar-refractivity contribution is 0.111. The molecule has 4 nitrogen and oxygen atoms in total. The van der Waals surface area contributed by atoms with E-state index in [9.17, 15) is 8.42 Å². The van der Waals surface area contributed by atoms with Crippen LogP contribution < -0.4 is 0 Å². The molecule has 0 N–H and O–H groups in total. The van der Waals surface area contributed by atoms with Gasteiger partial charge in [-0.05, 0) is 36.1 Å². The first-order chi connectivity index (χ1) is 13.1. The normalized spacial score (nSPS) is 20.6. The van der Waals surface area contributed by atoms with E-state index in [4.69, 9.17) is 0 Å². The van der Waals surface area contributed by atoms with Crippen molar-refractivity contribution in [3.05, 3.63) is 54.6 Å². The molecular formula is C22H28N2O2S. The van der Waals surface area contributed by atoms with Crippen molar-refractivity contribution < 1.29 is 8.42 Å². The van der Waals surface area contributed by atoms with Gasteiger partial charge in [0.05, 0.1) is 4.90 Å². The highest BCUT2D eigenvalue weighted by molar-refractivity contribution is 7.89. The standard InChI is InChI=1S/C22H28N2O2S/c25-27(26,22-13-11-20(12-14-22)19-7-3-1-4-8-19)24-17-15-23(16-18-24)21-9-5-2-6-10-21/h1,3-4,7-8,11-14,21H,2,5-6,9-10,15-18H2. The van der Waals surface area contributed by atoms with Gasteiger partial charge in [-0.25, -0.2) is 8.42 Å². The van der Waals surface area contributed by atoms with E-state index < -0.39 is 10.0 Å². The van der Waals surface area contributed by atoms with Gasteiger partial charge in [0.25, 0.3) is 0 Å². The van der Waals surface area contributed by atoms with Crippen LogP contribution in [0.25, 0.3) is 11.1 Å². The number of sulfonamides is 1. The summed E-state index contributed by atoms with van der Waals surface area (Å²) in [6.07, 6.45) is 6.53. The number of hydrogen-bond donors (Lipinski definition) is 0. The fourth-order valence-electron chi connectivity index (χ4n) is 4.35. The van der Waals surface area contributed by atoms with Gasteiger partial charge in [0, 0.05) is 32.2 Å². The molecule has 0 aromatic heterocycles. The predicted octanol–water partition coefficient (Wildman–Crippen LogP) is 3.99. The molecule has 2 fully saturated rings. The quantitative estimate of drug-likeness (QED) is 0.800. The highest BCUT2D eigenvalue weighted by Gasteiger charge is 2.31. The molecule has 5 heteroatoms. The molecule has 27 heavy (non-hydrogen) atoms. The summed E-state index contributed by atoms with van der Waals surface area (Å²) >= 11 is 0. The van der Waals surface area contributed by atoms with E-state index in [0.29, 0.717) is 24.0 Å². The number of hydrogen-bond acceptors (Lipinski definition) is 3. The van der Waals surface area contributed by atoms with Gasteiger partial charge in [-0.1, -0.05) is 61.7 Å². The van der Waals surface area contributed by atoms with E-state index in [1.807, 2.05) is 42.5 Å². The van der Waals surface area contributed by atoms with Gasteiger partial charge in [0.1, 0.15) is 0 Å². The molecule has 0 unspecified atom stereocenters. The summed E-state index contributed by atoms with van der Waals surface area (Å²) in [7, 11) is -3.41. The maximum atomic E-state index is 13.0. The Kier molecular flexibility index (Phi) is 5.62. The molecule has 0 bridgehead atoms. The molecule has 1 heterocycles. The van der Waals surface area contributed by atoms with Crippen LogP contribution in [0.3, 0.4) is 0 Å². The lowest BCUT2D eigenvalue weighted by Gasteiger charge is -2.40. The first-order valence-electron chi connectivity index (χ1n) is 10.0. The molecule has 2 aromatic rings. The summed E-state index contributed by atoms with van der Waals surface area (Å²) in [6.45, 7) is 2.90. The summed E-state index contributed by atoms with van der Waals surface area (Å²) in [5, 5.41) is 0. The van der Waals surface area contributed by atoms with Crippen LogP contribution in [0.1, 0.15) is 32.1 Å². The Balaban J connectivity index is 1.43. The van der Waals surface area contributed by atoms with Crippen molar-refractivity contribution in [3.63, 3.8) is 0 Å². The van der Waals surface area contributed by atoms with Crippen molar-refractivity contribution in [1.29, 1.82) is 0 Å². The lowest BCUT2D eigenvalue weighted by atomic mass is 9.94. The third kappa shape index (κ3) is 4.10. The van der Waals surface area contributed by atoms with Crippen LogP contribution in [0, 0.1) is 0 Å². The maximum Gasteiger partial charge on any atom is 0.243 e. The molecule has 1 saturated heterocycles. The first kappa shape index (κ1) is 18.7. The third-order valence-electron chi connectivity index (χ3n) is 5.96. The maximum absolute atomic E-state index is 13.0. The minimum atomic E-state index is -3.41. The van der Waals surface area contributed by atoms with E-state index in [1.54, 1.807) is 16.4 Å². The van der Waals surface area contributed by atoms with Crippen molar-refractivity contribution in [2.75, 3.05) is 26.2 Å². The summed E-state index contributed by atoms with van der Waals surface area (Å²) in [4.78, 5) is 2.90. The lowest BCUT2D eigenvalue weighted by Crippen LogP contribution is -2.52. The zero-order valence-electron chi connectivity index (χ0n) is 15.8. The zero-order chi connectivity index (χ0) is 18.7. The minimum absolute atomic E-state index is 0.397. The summed E-state index contributed by atoms with van der Waals surface area (Å²) in [5.41, 5.74) is 2.14. The number of nitrogens with zero attached hydrogens (tertiary/aromatic N) is 2. The second-order valence-electron chi connectivity index (χ2n) is 7.62. The molecule has 1 aliphatic heterocycles. The minimum Gasteiger partial charge on any atom is -0.298 e. The zero-order valence-corrected chi connectivity index (χ0v) is 16.6. The van der Waals surface area contributed by atoms with Crippen molar-refractivity contribution in [2.24, 2.45) is 0 Å². The Labute approximate surface area is 162 Å². The van der Waals surface area contributed by atoms with Gasteiger partial charge < -0.3 is 0 Å². The highest BCUT2D eigenvalue weighted by Crippen LogP contribution is 2.26. The molecule has 1 aliphatic carbocycles. The number of rotatable bonds is 4. The smallest absolute Gasteiger partial charge is 0.243 e. The SMILES string of the molecule is O=S(=O)(c1ccc(-c2ccccc2)cc1)N1CCN(C2CCCCC2)CC1. The molecule has 2 aromatic carbocycles. The Morgan fingerprint density at radius 2 is 1.30 bits per heavy atom. The molecule has 0 atom stereocenters. The van der Waals surface area contributed by atoms with E-state index >= 15 is 0 Å². The van der Waals surface area contributed by atoms with Gasteiger partial charge in [0.2, 0.25) is 10.0 Å². The average Bonchev–Trinajstić information content (AvgIpc) is 2.75. The molecule has 2 aliphatic rings. The van der Waals surface area contributed by atoms with Crippen molar-refractivity contribution in [3.8, 4) is 11.1 Å². The number of benzene rings is 2. The van der Waals surface area contributed by atoms with Crippen LogP contribution >= 0.6 is 0 Å². The summed E-state index contributed by atoms with van der Waals surface area (Å²) < 4.78 is 27.7. The predicted molar refractivity (Wildman–Crippen MR) is 109 cm³/mol. The molecule has 0 amide bonds. The summed E-state index contributed by atoms with van der Waals surface area (Å²) in [6, 6.07) is 18.0. The Hall–Kier alpha value is -1.69. The van der Waals surface area contributed by atoms with Crippen LogP contribution in [-0.4, -0.2) is 49.8 Å². The van der Waals surface area contributed by atoms with Crippen LogP contribution in [0.5, 0.6) is 0 Å². The van der Waals surface area contributed by atoms with Crippen molar-refractivity contribution >= 4 is 10.0 Å². The molecule has 1 saturated carbocycles. The molecule has 144 valence electrons. The van der Waals surface area contributed by atoms with Crippen LogP contribution in [0.2, 0.25) is 0 Å². The summed E-state index contributed by atoms with van der Waals surface area (Å²) in [5.74, 6) is 0. The Bertz CT molecular complexity index is 836. The second kappa shape index (κ2) is 8.13. The van der Waals surface area contributed by atoms with Crippen molar-refractivity contribution in [2.45, 2.75) is 43.0 Å². The molecule has 0 radical (unpaired) electrons. The molecule has 4 rings (SSSR count). The first-order valence-corrected chi connectivity index (χ1v) is 11.5. The largest absolute Gasteiger partial charge is 0.298 e. The third-order valence-corrected chi connectivity index (χ3v) is 7.88. The van der Waals surface area contributed by atoms with Gasteiger partial charge in [0.15, 0.2) is 0 Å². The van der Waals surface area contributed by atoms with Crippen LogP contribution in [0.4, 0.5) is 0 Å². The van der Waals surface area contributed by atoms with Gasteiger partial charge >= 0.3 is 0 Å². The number of piperazine rings is 1. The van der Waals surface area contributed by atoms with Crippen molar-refractivity contribution in [1.82, 2.24) is 9.21 Å². The fraction of sp³-hybridized carbons (Fsp3) is 0.455. The Morgan fingerprint density at radius 1 is 0.704 bits per heavy atom. The van der Waals surface area contributed by atoms with E-state index in [0.717, 1.165) is 24.2 Å². The van der Waals surface area contributed by atoms with E-state index in [1.165, 1.54) is 32.1 Å². The fourth-order valence-corrected chi connectivity index (χ4v) is 5.78.